The van der Waals surface area contributed by atoms with Crippen LogP contribution in [0.15, 0.2) is 16.7 Å². The second-order valence-corrected chi connectivity index (χ2v) is 3.79. The number of hydrogen-bond acceptors (Lipinski definition) is 3. The maximum Gasteiger partial charge on any atom is 0.358 e. The number of ether oxygens (including phenoxy) is 1. The summed E-state index contributed by atoms with van der Waals surface area (Å²) in [6, 6.07) is 1.17. The van der Waals surface area contributed by atoms with Gasteiger partial charge in [0.05, 0.1) is 16.8 Å². The molecule has 1 rings (SSSR count). The number of carbonyl (C=O) groups is 1. The van der Waals surface area contributed by atoms with Crippen LogP contribution >= 0.6 is 15.9 Å². The number of aromatic nitrogens is 1. The lowest BCUT2D eigenvalue weighted by molar-refractivity contribution is 0.0369. The molecule has 5 heteroatoms. The van der Waals surface area contributed by atoms with Crippen LogP contribution in [-0.2, 0) is 4.74 Å². The van der Waals surface area contributed by atoms with Gasteiger partial charge in [-0.3, -0.25) is 0 Å². The molecule has 1 aromatic heterocycles. The standard InChI is InChI=1S/C9H9BrFNO2/c1-5(2)14-9(13)8-7(10)3-6(11)4-12-8/h3-5H,1-2H3. The van der Waals surface area contributed by atoms with Gasteiger partial charge in [0, 0.05) is 0 Å². The molecular formula is C9H9BrFNO2. The minimum absolute atomic E-state index is 0.0834. The number of carbonyl (C=O) groups excluding carboxylic acids is 1. The first-order valence-electron chi connectivity index (χ1n) is 4.02. The summed E-state index contributed by atoms with van der Waals surface area (Å²) < 4.78 is 17.8. The van der Waals surface area contributed by atoms with E-state index in [1.54, 1.807) is 13.8 Å². The van der Waals surface area contributed by atoms with Crippen molar-refractivity contribution in [3.05, 3.63) is 28.2 Å². The van der Waals surface area contributed by atoms with Gasteiger partial charge in [-0.25, -0.2) is 14.2 Å². The van der Waals surface area contributed by atoms with Crippen molar-refractivity contribution in [1.82, 2.24) is 4.98 Å². The van der Waals surface area contributed by atoms with Crippen molar-refractivity contribution >= 4 is 21.9 Å². The summed E-state index contributed by atoms with van der Waals surface area (Å²) in [5, 5.41) is 0. The third kappa shape index (κ3) is 2.77. The van der Waals surface area contributed by atoms with E-state index in [4.69, 9.17) is 4.74 Å². The molecule has 0 aromatic carbocycles. The molecule has 0 bridgehead atoms. The normalized spacial score (nSPS) is 10.4. The minimum Gasteiger partial charge on any atom is -0.458 e. The average Bonchev–Trinajstić information content (AvgIpc) is 2.01. The Bertz CT molecular complexity index is 355. The zero-order valence-electron chi connectivity index (χ0n) is 7.75. The van der Waals surface area contributed by atoms with E-state index in [1.807, 2.05) is 0 Å². The molecule has 3 nitrogen and oxygen atoms in total. The molecule has 0 aliphatic heterocycles. The van der Waals surface area contributed by atoms with Crippen molar-refractivity contribution in [3.63, 3.8) is 0 Å². The molecule has 0 aliphatic rings. The predicted octanol–water partition coefficient (Wildman–Crippen LogP) is 2.55. The number of pyridine rings is 1. The third-order valence-electron chi connectivity index (χ3n) is 1.34. The van der Waals surface area contributed by atoms with Crippen molar-refractivity contribution in [2.75, 3.05) is 0 Å². The first-order chi connectivity index (χ1) is 6.50. The van der Waals surface area contributed by atoms with E-state index in [0.29, 0.717) is 4.47 Å². The van der Waals surface area contributed by atoms with Crippen molar-refractivity contribution in [2.24, 2.45) is 0 Å². The lowest BCUT2D eigenvalue weighted by atomic mass is 10.3. The number of halogens is 2. The molecule has 0 saturated heterocycles. The molecule has 0 aliphatic carbocycles. The monoisotopic (exact) mass is 261 g/mol. The Hall–Kier alpha value is -0.970. The predicted molar refractivity (Wildman–Crippen MR) is 52.4 cm³/mol. The largest absolute Gasteiger partial charge is 0.458 e. The summed E-state index contributed by atoms with van der Waals surface area (Å²) in [7, 11) is 0. The summed E-state index contributed by atoms with van der Waals surface area (Å²) in [4.78, 5) is 15.0. The molecule has 14 heavy (non-hydrogen) atoms. The highest BCUT2D eigenvalue weighted by molar-refractivity contribution is 9.10. The van der Waals surface area contributed by atoms with Crippen LogP contribution in [0.3, 0.4) is 0 Å². The molecule has 0 unspecified atom stereocenters. The second kappa shape index (κ2) is 4.50. The third-order valence-corrected chi connectivity index (χ3v) is 1.95. The van der Waals surface area contributed by atoms with Crippen molar-refractivity contribution in [3.8, 4) is 0 Å². The van der Waals surface area contributed by atoms with Crippen molar-refractivity contribution in [2.45, 2.75) is 20.0 Å². The number of rotatable bonds is 2. The Morgan fingerprint density at radius 3 is 2.79 bits per heavy atom. The summed E-state index contributed by atoms with van der Waals surface area (Å²) in [6.07, 6.45) is 0.753. The highest BCUT2D eigenvalue weighted by Crippen LogP contribution is 2.16. The lowest BCUT2D eigenvalue weighted by Gasteiger charge is -2.07. The van der Waals surface area contributed by atoms with Crippen molar-refractivity contribution < 1.29 is 13.9 Å². The quantitative estimate of drug-likeness (QED) is 0.769. The van der Waals surface area contributed by atoms with Crippen LogP contribution in [0.1, 0.15) is 24.3 Å². The van der Waals surface area contributed by atoms with Crippen LogP contribution in [0.4, 0.5) is 4.39 Å². The smallest absolute Gasteiger partial charge is 0.358 e. The van der Waals surface area contributed by atoms with Gasteiger partial charge >= 0.3 is 5.97 Å². The highest BCUT2D eigenvalue weighted by Gasteiger charge is 2.15. The molecular weight excluding hydrogens is 253 g/mol. The van der Waals surface area contributed by atoms with Crippen LogP contribution in [0.25, 0.3) is 0 Å². The Labute approximate surface area is 89.4 Å². The second-order valence-electron chi connectivity index (χ2n) is 2.94. The van der Waals surface area contributed by atoms with Gasteiger partial charge < -0.3 is 4.74 Å². The molecule has 0 radical (unpaired) electrons. The van der Waals surface area contributed by atoms with Gasteiger partial charge in [0.15, 0.2) is 5.69 Å². The van der Waals surface area contributed by atoms with E-state index < -0.39 is 11.8 Å². The molecule has 0 atom stereocenters. The van der Waals surface area contributed by atoms with Crippen molar-refractivity contribution in [1.29, 1.82) is 0 Å². The van der Waals surface area contributed by atoms with E-state index >= 15 is 0 Å². The SMILES string of the molecule is CC(C)OC(=O)c1ncc(F)cc1Br. The van der Waals surface area contributed by atoms with Crippen LogP contribution < -0.4 is 0 Å². The Morgan fingerprint density at radius 2 is 2.29 bits per heavy atom. The zero-order valence-corrected chi connectivity index (χ0v) is 9.34. The Morgan fingerprint density at radius 1 is 1.64 bits per heavy atom. The summed E-state index contributed by atoms with van der Waals surface area (Å²) in [5.74, 6) is -1.06. The summed E-state index contributed by atoms with van der Waals surface area (Å²) in [6.45, 7) is 3.46. The fourth-order valence-corrected chi connectivity index (χ4v) is 1.32. The Balaban J connectivity index is 2.90. The number of esters is 1. The molecule has 0 saturated carbocycles. The molecule has 1 aromatic rings. The topological polar surface area (TPSA) is 39.2 Å². The minimum atomic E-state index is -0.563. The van der Waals surface area contributed by atoms with Crippen LogP contribution in [-0.4, -0.2) is 17.1 Å². The average molecular weight is 262 g/mol. The molecule has 76 valence electrons. The zero-order chi connectivity index (χ0) is 10.7. The molecule has 1 heterocycles. The van der Waals surface area contributed by atoms with E-state index in [2.05, 4.69) is 20.9 Å². The number of hydrogen-bond donors (Lipinski definition) is 0. The maximum atomic E-state index is 12.6. The van der Waals surface area contributed by atoms with Gasteiger partial charge in [-0.2, -0.15) is 0 Å². The molecule has 0 fully saturated rings. The van der Waals surface area contributed by atoms with Gasteiger partial charge in [-0.05, 0) is 35.8 Å². The summed E-state index contributed by atoms with van der Waals surface area (Å²) >= 11 is 3.03. The molecule has 0 spiro atoms. The van der Waals surface area contributed by atoms with Gasteiger partial charge in [-0.1, -0.05) is 0 Å². The fraction of sp³-hybridized carbons (Fsp3) is 0.333. The first kappa shape index (κ1) is 11.1. The van der Waals surface area contributed by atoms with Crippen LogP contribution in [0, 0.1) is 5.82 Å². The van der Waals surface area contributed by atoms with Gasteiger partial charge in [-0.15, -0.1) is 0 Å². The first-order valence-corrected chi connectivity index (χ1v) is 4.82. The molecule has 0 amide bonds. The van der Waals surface area contributed by atoms with Gasteiger partial charge in [0.25, 0.3) is 0 Å². The van der Waals surface area contributed by atoms with Gasteiger partial charge in [0.2, 0.25) is 0 Å². The number of nitrogens with zero attached hydrogens (tertiary/aromatic N) is 1. The Kier molecular flexibility index (Phi) is 3.57. The van der Waals surface area contributed by atoms with E-state index in [0.717, 1.165) is 6.20 Å². The van der Waals surface area contributed by atoms with E-state index in [-0.39, 0.29) is 11.8 Å². The van der Waals surface area contributed by atoms with Gasteiger partial charge in [0.1, 0.15) is 5.82 Å². The highest BCUT2D eigenvalue weighted by atomic mass is 79.9. The van der Waals surface area contributed by atoms with Crippen LogP contribution in [0.2, 0.25) is 0 Å². The molecule has 0 N–H and O–H groups in total. The maximum absolute atomic E-state index is 12.6. The van der Waals surface area contributed by atoms with E-state index in [9.17, 15) is 9.18 Å². The summed E-state index contributed by atoms with van der Waals surface area (Å²) in [5.41, 5.74) is 0.0834. The van der Waals surface area contributed by atoms with Crippen LogP contribution in [0.5, 0.6) is 0 Å². The lowest BCUT2D eigenvalue weighted by Crippen LogP contribution is -2.13. The van der Waals surface area contributed by atoms with E-state index in [1.165, 1.54) is 6.07 Å². The fourth-order valence-electron chi connectivity index (χ4n) is 0.835.